The van der Waals surface area contributed by atoms with Crippen molar-refractivity contribution in [1.29, 1.82) is 0 Å². The first-order valence-corrected chi connectivity index (χ1v) is 10.1. The van der Waals surface area contributed by atoms with E-state index in [0.29, 0.717) is 16.3 Å². The van der Waals surface area contributed by atoms with Crippen LogP contribution in [0, 0.1) is 5.92 Å². The number of rotatable bonds is 5. The number of benzene rings is 2. The van der Waals surface area contributed by atoms with Gasteiger partial charge < -0.3 is 5.32 Å². The molecule has 6 nitrogen and oxygen atoms in total. The molecule has 1 aliphatic heterocycles. The first-order chi connectivity index (χ1) is 14.0. The fourth-order valence-electron chi connectivity index (χ4n) is 3.43. The zero-order chi connectivity index (χ0) is 20.5. The number of hydrogen-bond donors (Lipinski definition) is 1. The van der Waals surface area contributed by atoms with Gasteiger partial charge >= 0.3 is 0 Å². The van der Waals surface area contributed by atoms with E-state index >= 15 is 0 Å². The highest BCUT2D eigenvalue weighted by Crippen LogP contribution is 2.29. The summed E-state index contributed by atoms with van der Waals surface area (Å²) in [6, 6.07) is 15.4. The molecule has 3 amide bonds. The second-order valence-electron chi connectivity index (χ2n) is 7.11. The minimum Gasteiger partial charge on any atom is -0.300 e. The average molecular weight is 405 g/mol. The lowest BCUT2D eigenvalue weighted by atomic mass is 10.0. The fourth-order valence-corrected chi connectivity index (χ4v) is 4.15. The van der Waals surface area contributed by atoms with E-state index in [0.717, 1.165) is 16.2 Å². The summed E-state index contributed by atoms with van der Waals surface area (Å²) in [4.78, 5) is 44.2. The van der Waals surface area contributed by atoms with Gasteiger partial charge in [0.1, 0.15) is 6.04 Å². The van der Waals surface area contributed by atoms with Crippen LogP contribution in [-0.4, -0.2) is 33.6 Å². The zero-order valence-corrected chi connectivity index (χ0v) is 16.8. The van der Waals surface area contributed by atoms with E-state index in [-0.39, 0.29) is 5.92 Å². The number of carbonyl (C=O) groups is 3. The standard InChI is InChI=1S/C22H19N3O3S/c1-13(2)18(25-20(27)15-10-6-7-11-16(15)21(25)28)19(26)24-22-23-17(12-29-22)14-8-4-3-5-9-14/h3-13,18H,1-2H3,(H,23,24,26). The zero-order valence-electron chi connectivity index (χ0n) is 16.0. The number of imide groups is 1. The monoisotopic (exact) mass is 405 g/mol. The normalized spacial score (nSPS) is 14.2. The number of aromatic nitrogens is 1. The Bertz CT molecular complexity index is 1060. The van der Waals surface area contributed by atoms with Crippen LogP contribution in [0.5, 0.6) is 0 Å². The van der Waals surface area contributed by atoms with Crippen LogP contribution < -0.4 is 5.32 Å². The molecule has 4 rings (SSSR count). The SMILES string of the molecule is CC(C)C(C(=O)Nc1nc(-c2ccccc2)cs1)N1C(=O)c2ccccc2C1=O. The van der Waals surface area contributed by atoms with E-state index in [9.17, 15) is 14.4 Å². The number of thiazole rings is 1. The van der Waals surface area contributed by atoms with E-state index in [2.05, 4.69) is 10.3 Å². The Morgan fingerprint density at radius 3 is 2.14 bits per heavy atom. The third-order valence-electron chi connectivity index (χ3n) is 4.81. The molecule has 0 aliphatic carbocycles. The Labute approximate surface area is 172 Å². The molecule has 0 saturated heterocycles. The van der Waals surface area contributed by atoms with Crippen molar-refractivity contribution in [2.24, 2.45) is 5.92 Å². The number of carbonyl (C=O) groups excluding carboxylic acids is 3. The summed E-state index contributed by atoms with van der Waals surface area (Å²) in [5.41, 5.74) is 2.37. The Morgan fingerprint density at radius 2 is 1.55 bits per heavy atom. The molecule has 1 atom stereocenters. The van der Waals surface area contributed by atoms with Gasteiger partial charge in [-0.2, -0.15) is 0 Å². The molecule has 3 aromatic rings. The predicted molar refractivity (Wildman–Crippen MR) is 112 cm³/mol. The number of hydrogen-bond acceptors (Lipinski definition) is 5. The topological polar surface area (TPSA) is 79.4 Å². The summed E-state index contributed by atoms with van der Waals surface area (Å²) >= 11 is 1.30. The molecular weight excluding hydrogens is 386 g/mol. The largest absolute Gasteiger partial charge is 0.300 e. The van der Waals surface area contributed by atoms with Gasteiger partial charge in [0, 0.05) is 10.9 Å². The Balaban J connectivity index is 1.58. The quantitative estimate of drug-likeness (QED) is 0.649. The van der Waals surface area contributed by atoms with E-state index in [1.165, 1.54) is 11.3 Å². The molecule has 0 bridgehead atoms. The van der Waals surface area contributed by atoms with E-state index < -0.39 is 23.8 Å². The highest BCUT2D eigenvalue weighted by molar-refractivity contribution is 7.14. The van der Waals surface area contributed by atoms with Crippen LogP contribution in [-0.2, 0) is 4.79 Å². The van der Waals surface area contributed by atoms with Crippen molar-refractivity contribution in [2.45, 2.75) is 19.9 Å². The molecule has 0 spiro atoms. The van der Waals surface area contributed by atoms with Crippen LogP contribution >= 0.6 is 11.3 Å². The van der Waals surface area contributed by atoms with Crippen molar-refractivity contribution >= 4 is 34.2 Å². The molecule has 0 radical (unpaired) electrons. The summed E-state index contributed by atoms with van der Waals surface area (Å²) in [6.45, 7) is 3.62. The summed E-state index contributed by atoms with van der Waals surface area (Å²) in [5.74, 6) is -1.57. The second-order valence-corrected chi connectivity index (χ2v) is 7.97. The van der Waals surface area contributed by atoms with Crippen LogP contribution in [0.2, 0.25) is 0 Å². The molecule has 2 heterocycles. The van der Waals surface area contributed by atoms with Crippen molar-refractivity contribution in [3.63, 3.8) is 0 Å². The summed E-state index contributed by atoms with van der Waals surface area (Å²) in [6.07, 6.45) is 0. The first-order valence-electron chi connectivity index (χ1n) is 9.26. The molecule has 1 aromatic heterocycles. The minimum atomic E-state index is -0.925. The molecule has 29 heavy (non-hydrogen) atoms. The van der Waals surface area contributed by atoms with Crippen LogP contribution in [0.4, 0.5) is 5.13 Å². The lowest BCUT2D eigenvalue weighted by molar-refractivity contribution is -0.121. The Hall–Kier alpha value is -3.32. The van der Waals surface area contributed by atoms with Crippen LogP contribution in [0.3, 0.4) is 0 Å². The maximum absolute atomic E-state index is 13.0. The van der Waals surface area contributed by atoms with Gasteiger partial charge in [0.2, 0.25) is 5.91 Å². The third kappa shape index (κ3) is 3.45. The highest BCUT2D eigenvalue weighted by Gasteiger charge is 2.44. The number of fused-ring (bicyclic) bond motifs is 1. The number of anilines is 1. The van der Waals surface area contributed by atoms with E-state index in [4.69, 9.17) is 0 Å². The number of nitrogens with zero attached hydrogens (tertiary/aromatic N) is 2. The molecule has 2 aromatic carbocycles. The van der Waals surface area contributed by atoms with Crippen molar-refractivity contribution in [3.8, 4) is 11.3 Å². The molecule has 0 fully saturated rings. The minimum absolute atomic E-state index is 0.259. The Kier molecular flexibility index (Phi) is 4.98. The van der Waals surface area contributed by atoms with Gasteiger partial charge in [-0.1, -0.05) is 56.3 Å². The van der Waals surface area contributed by atoms with Gasteiger partial charge in [-0.25, -0.2) is 4.98 Å². The average Bonchev–Trinajstić information content (AvgIpc) is 3.28. The maximum Gasteiger partial charge on any atom is 0.262 e. The van der Waals surface area contributed by atoms with Gasteiger partial charge in [0.15, 0.2) is 5.13 Å². The van der Waals surface area contributed by atoms with Gasteiger partial charge in [0.25, 0.3) is 11.8 Å². The smallest absolute Gasteiger partial charge is 0.262 e. The molecule has 146 valence electrons. The van der Waals surface area contributed by atoms with Crippen molar-refractivity contribution in [3.05, 3.63) is 71.1 Å². The predicted octanol–water partition coefficient (Wildman–Crippen LogP) is 4.07. The molecule has 0 saturated carbocycles. The first kappa shape index (κ1) is 19.0. The lowest BCUT2D eigenvalue weighted by Crippen LogP contribution is -2.50. The van der Waals surface area contributed by atoms with E-state index in [1.54, 1.807) is 24.3 Å². The van der Waals surface area contributed by atoms with Gasteiger partial charge in [0.05, 0.1) is 16.8 Å². The molecule has 1 unspecified atom stereocenters. The van der Waals surface area contributed by atoms with Gasteiger partial charge in [-0.3, -0.25) is 19.3 Å². The van der Waals surface area contributed by atoms with Crippen molar-refractivity contribution in [2.75, 3.05) is 5.32 Å². The summed E-state index contributed by atoms with van der Waals surface area (Å²) in [7, 11) is 0. The van der Waals surface area contributed by atoms with Crippen LogP contribution in [0.15, 0.2) is 60.0 Å². The van der Waals surface area contributed by atoms with Gasteiger partial charge in [-0.05, 0) is 18.1 Å². The molecular formula is C22H19N3O3S. The van der Waals surface area contributed by atoms with Gasteiger partial charge in [-0.15, -0.1) is 11.3 Å². The van der Waals surface area contributed by atoms with Crippen molar-refractivity contribution < 1.29 is 14.4 Å². The Morgan fingerprint density at radius 1 is 0.966 bits per heavy atom. The highest BCUT2D eigenvalue weighted by atomic mass is 32.1. The summed E-state index contributed by atoms with van der Waals surface area (Å²) in [5, 5.41) is 5.07. The lowest BCUT2D eigenvalue weighted by Gasteiger charge is -2.27. The number of amides is 3. The number of nitrogens with one attached hydrogen (secondary N) is 1. The fraction of sp³-hybridized carbons (Fsp3) is 0.182. The van der Waals surface area contributed by atoms with E-state index in [1.807, 2.05) is 49.6 Å². The van der Waals surface area contributed by atoms with Crippen molar-refractivity contribution in [1.82, 2.24) is 9.88 Å². The molecule has 1 N–H and O–H groups in total. The maximum atomic E-state index is 13.0. The second kappa shape index (κ2) is 7.60. The molecule has 1 aliphatic rings. The van der Waals surface area contributed by atoms with Crippen LogP contribution in [0.25, 0.3) is 11.3 Å². The third-order valence-corrected chi connectivity index (χ3v) is 5.57. The molecule has 7 heteroatoms. The van der Waals surface area contributed by atoms with Crippen LogP contribution in [0.1, 0.15) is 34.6 Å². The summed E-state index contributed by atoms with van der Waals surface area (Å²) < 4.78 is 0.